The van der Waals surface area contributed by atoms with Crippen molar-refractivity contribution in [2.75, 3.05) is 20.8 Å². The molecule has 0 fully saturated rings. The number of hydrogen-bond acceptors (Lipinski definition) is 6. The van der Waals surface area contributed by atoms with E-state index < -0.39 is 0 Å². The van der Waals surface area contributed by atoms with Crippen LogP contribution in [0, 0.1) is 5.82 Å². The van der Waals surface area contributed by atoms with E-state index in [2.05, 4.69) is 0 Å². The van der Waals surface area contributed by atoms with Gasteiger partial charge in [0.1, 0.15) is 17.3 Å². The van der Waals surface area contributed by atoms with Gasteiger partial charge in [0.2, 0.25) is 0 Å². The average molecular weight is 521 g/mol. The van der Waals surface area contributed by atoms with Crippen molar-refractivity contribution in [3.63, 3.8) is 0 Å². The summed E-state index contributed by atoms with van der Waals surface area (Å²) in [6.07, 6.45) is 0.0645. The summed E-state index contributed by atoms with van der Waals surface area (Å²) < 4.78 is 31.3. The monoisotopic (exact) mass is 520 g/mol. The van der Waals surface area contributed by atoms with Gasteiger partial charge in [0.05, 0.1) is 49.6 Å². The smallest absolute Gasteiger partial charge is 0.310 e. The number of halogens is 1. The number of rotatable bonds is 10. The first kappa shape index (κ1) is 26.3. The summed E-state index contributed by atoms with van der Waals surface area (Å²) in [5, 5.41) is 4.89. The molecule has 1 atom stereocenters. The molecule has 1 unspecified atom stereocenters. The van der Waals surface area contributed by atoms with E-state index in [1.54, 1.807) is 45.0 Å². The molecule has 0 aliphatic carbocycles. The van der Waals surface area contributed by atoms with Gasteiger partial charge in [0.15, 0.2) is 0 Å². The van der Waals surface area contributed by atoms with Crippen LogP contribution in [0.15, 0.2) is 77.7 Å². The first-order valence-corrected chi connectivity index (χ1v) is 12.8. The van der Waals surface area contributed by atoms with Gasteiger partial charge < -0.3 is 14.2 Å². The molecule has 0 N–H and O–H groups in total. The maximum Gasteiger partial charge on any atom is 0.310 e. The number of ether oxygens (including phenoxy) is 3. The standard InChI is InChI=1S/C29H29FN2O4S/c1-5-36-27(33)18-26-28(19(2)37-25-16-8-21(30)9-17-25)31-32(22-10-14-24(35-4)15-11-22)29(26)20-6-12-23(34-3)13-7-20/h6-17,19H,5,18H2,1-4H3. The Balaban J connectivity index is 1.88. The third kappa shape index (κ3) is 6.14. The summed E-state index contributed by atoms with van der Waals surface area (Å²) in [6, 6.07) is 21.6. The fraction of sp³-hybridized carbons (Fsp3) is 0.241. The van der Waals surface area contributed by atoms with E-state index in [-0.39, 0.29) is 23.5 Å². The minimum absolute atomic E-state index is 0.0645. The van der Waals surface area contributed by atoms with Crippen molar-refractivity contribution in [1.29, 1.82) is 0 Å². The molecule has 3 aromatic carbocycles. The summed E-state index contributed by atoms with van der Waals surface area (Å²) in [7, 11) is 3.24. The van der Waals surface area contributed by atoms with Crippen molar-refractivity contribution >= 4 is 17.7 Å². The van der Waals surface area contributed by atoms with Gasteiger partial charge in [-0.15, -0.1) is 11.8 Å². The van der Waals surface area contributed by atoms with E-state index >= 15 is 0 Å². The van der Waals surface area contributed by atoms with Gasteiger partial charge >= 0.3 is 5.97 Å². The second-order valence-electron chi connectivity index (χ2n) is 8.25. The van der Waals surface area contributed by atoms with Crippen LogP contribution in [-0.2, 0) is 16.0 Å². The Labute approximate surface area is 220 Å². The molecule has 8 heteroatoms. The highest BCUT2D eigenvalue weighted by molar-refractivity contribution is 7.99. The third-order valence-electron chi connectivity index (χ3n) is 5.83. The Bertz CT molecular complexity index is 1340. The molecule has 0 bridgehead atoms. The van der Waals surface area contributed by atoms with Crippen LogP contribution in [0.4, 0.5) is 4.39 Å². The van der Waals surface area contributed by atoms with Gasteiger partial charge in [-0.2, -0.15) is 5.10 Å². The Morgan fingerprint density at radius 1 is 0.946 bits per heavy atom. The van der Waals surface area contributed by atoms with E-state index in [0.717, 1.165) is 44.6 Å². The van der Waals surface area contributed by atoms with Crippen LogP contribution >= 0.6 is 11.8 Å². The van der Waals surface area contributed by atoms with Crippen LogP contribution in [0.2, 0.25) is 0 Å². The van der Waals surface area contributed by atoms with Crippen LogP contribution in [-0.4, -0.2) is 36.6 Å². The van der Waals surface area contributed by atoms with E-state index in [1.165, 1.54) is 12.1 Å². The van der Waals surface area contributed by atoms with E-state index in [4.69, 9.17) is 19.3 Å². The van der Waals surface area contributed by atoms with Crippen molar-refractivity contribution < 1.29 is 23.4 Å². The highest BCUT2D eigenvalue weighted by Crippen LogP contribution is 2.40. The summed E-state index contributed by atoms with van der Waals surface area (Å²) in [5.74, 6) is 0.845. The van der Waals surface area contributed by atoms with Crippen molar-refractivity contribution in [3.8, 4) is 28.4 Å². The lowest BCUT2D eigenvalue weighted by atomic mass is 10.0. The minimum atomic E-state index is -0.327. The molecule has 0 saturated carbocycles. The lowest BCUT2D eigenvalue weighted by molar-refractivity contribution is -0.142. The van der Waals surface area contributed by atoms with E-state index in [0.29, 0.717) is 6.61 Å². The number of nitrogens with zero attached hydrogens (tertiary/aromatic N) is 2. The molecule has 0 spiro atoms. The zero-order valence-corrected chi connectivity index (χ0v) is 22.0. The summed E-state index contributed by atoms with van der Waals surface area (Å²) in [5.41, 5.74) is 4.03. The predicted molar refractivity (Wildman–Crippen MR) is 143 cm³/mol. The zero-order valence-electron chi connectivity index (χ0n) is 21.2. The predicted octanol–water partition coefficient (Wildman–Crippen LogP) is 6.65. The molecule has 4 aromatic rings. The molecular weight excluding hydrogens is 491 g/mol. The number of carbonyl (C=O) groups is 1. The second kappa shape index (κ2) is 12.0. The molecule has 0 radical (unpaired) electrons. The fourth-order valence-electron chi connectivity index (χ4n) is 4.05. The number of esters is 1. The lowest BCUT2D eigenvalue weighted by Gasteiger charge is -2.13. The SMILES string of the molecule is CCOC(=O)Cc1c(C(C)Sc2ccc(F)cc2)nn(-c2ccc(OC)cc2)c1-c1ccc(OC)cc1. The molecule has 0 aliphatic rings. The Morgan fingerprint density at radius 3 is 2.11 bits per heavy atom. The maximum absolute atomic E-state index is 13.5. The van der Waals surface area contributed by atoms with Crippen molar-refractivity contribution in [1.82, 2.24) is 9.78 Å². The third-order valence-corrected chi connectivity index (χ3v) is 6.95. The van der Waals surface area contributed by atoms with Gasteiger partial charge in [0, 0.05) is 16.0 Å². The van der Waals surface area contributed by atoms with Crippen molar-refractivity contribution in [2.45, 2.75) is 30.4 Å². The Morgan fingerprint density at radius 2 is 1.54 bits per heavy atom. The minimum Gasteiger partial charge on any atom is -0.497 e. The van der Waals surface area contributed by atoms with E-state index in [9.17, 15) is 9.18 Å². The van der Waals surface area contributed by atoms with Crippen LogP contribution in [0.5, 0.6) is 11.5 Å². The zero-order chi connectivity index (χ0) is 26.4. The molecule has 37 heavy (non-hydrogen) atoms. The van der Waals surface area contributed by atoms with Crippen LogP contribution in [0.25, 0.3) is 16.9 Å². The van der Waals surface area contributed by atoms with Gasteiger partial charge in [-0.05, 0) is 86.6 Å². The first-order valence-electron chi connectivity index (χ1n) is 11.9. The van der Waals surface area contributed by atoms with Gasteiger partial charge in [0.25, 0.3) is 0 Å². The van der Waals surface area contributed by atoms with Gasteiger partial charge in [-0.3, -0.25) is 4.79 Å². The van der Waals surface area contributed by atoms with Crippen molar-refractivity contribution in [3.05, 3.63) is 89.9 Å². The quantitative estimate of drug-likeness (QED) is 0.172. The molecule has 0 amide bonds. The van der Waals surface area contributed by atoms with E-state index in [1.807, 2.05) is 60.1 Å². The molecular formula is C29H29FN2O4S. The number of aromatic nitrogens is 2. The molecule has 192 valence electrons. The number of benzene rings is 3. The molecule has 6 nitrogen and oxygen atoms in total. The summed E-state index contributed by atoms with van der Waals surface area (Å²) >= 11 is 1.55. The normalized spacial score (nSPS) is 11.7. The fourth-order valence-corrected chi connectivity index (χ4v) is 5.06. The molecule has 0 aliphatic heterocycles. The summed E-state index contributed by atoms with van der Waals surface area (Å²) in [4.78, 5) is 13.7. The molecule has 1 heterocycles. The summed E-state index contributed by atoms with van der Waals surface area (Å²) in [6.45, 7) is 4.11. The number of carbonyl (C=O) groups excluding carboxylic acids is 1. The molecule has 1 aromatic heterocycles. The average Bonchev–Trinajstić information content (AvgIpc) is 3.29. The molecule has 4 rings (SSSR count). The number of thioether (sulfide) groups is 1. The largest absolute Gasteiger partial charge is 0.497 e. The van der Waals surface area contributed by atoms with Crippen LogP contribution in [0.3, 0.4) is 0 Å². The maximum atomic E-state index is 13.5. The first-order chi connectivity index (χ1) is 17.9. The van der Waals surface area contributed by atoms with Crippen LogP contribution < -0.4 is 9.47 Å². The Kier molecular flexibility index (Phi) is 8.50. The highest BCUT2D eigenvalue weighted by Gasteiger charge is 2.26. The van der Waals surface area contributed by atoms with Crippen molar-refractivity contribution in [2.24, 2.45) is 0 Å². The number of methoxy groups -OCH3 is 2. The molecule has 0 saturated heterocycles. The lowest BCUT2D eigenvalue weighted by Crippen LogP contribution is -2.10. The topological polar surface area (TPSA) is 62.6 Å². The second-order valence-corrected chi connectivity index (χ2v) is 9.66. The Hall–Kier alpha value is -3.78. The van der Waals surface area contributed by atoms with Crippen LogP contribution in [0.1, 0.15) is 30.4 Å². The van der Waals surface area contributed by atoms with Gasteiger partial charge in [-0.1, -0.05) is 0 Å². The number of hydrogen-bond donors (Lipinski definition) is 0. The highest BCUT2D eigenvalue weighted by atomic mass is 32.2. The van der Waals surface area contributed by atoms with Gasteiger partial charge in [-0.25, -0.2) is 9.07 Å².